The molecule has 1 unspecified atom stereocenters. The molecule has 19 heavy (non-hydrogen) atoms. The van der Waals surface area contributed by atoms with Crippen molar-refractivity contribution in [1.29, 1.82) is 5.26 Å². The fourth-order valence-corrected chi connectivity index (χ4v) is 2.44. The van der Waals surface area contributed by atoms with Crippen LogP contribution >= 0.6 is 23.2 Å². The fourth-order valence-electron chi connectivity index (χ4n) is 1.87. The van der Waals surface area contributed by atoms with Crippen LogP contribution in [0.2, 0.25) is 10.0 Å². The number of nitrogens with one attached hydrogen (secondary N) is 1. The molecular formula is C15H12Cl2N2. The lowest BCUT2D eigenvalue weighted by molar-refractivity contribution is 0.884. The highest BCUT2D eigenvalue weighted by Gasteiger charge is 2.11. The van der Waals surface area contributed by atoms with Crippen molar-refractivity contribution < 1.29 is 0 Å². The normalized spacial score (nSPS) is 11.7. The Morgan fingerprint density at radius 3 is 2.58 bits per heavy atom. The maximum Gasteiger partial charge on any atom is 0.101 e. The molecule has 2 aromatic rings. The van der Waals surface area contributed by atoms with E-state index in [2.05, 4.69) is 11.4 Å². The first-order valence-corrected chi connectivity index (χ1v) is 6.58. The standard InChI is InChI=1S/C15H12Cl2N2/c1-10(13-7-6-12(16)8-14(13)17)19-15-5-3-2-4-11(15)9-18/h2-8,10,19H,1H3. The molecule has 1 N–H and O–H groups in total. The molecule has 0 spiro atoms. The third-order valence-electron chi connectivity index (χ3n) is 2.85. The summed E-state index contributed by atoms with van der Waals surface area (Å²) in [6.45, 7) is 1.99. The quantitative estimate of drug-likeness (QED) is 0.860. The number of hydrogen-bond acceptors (Lipinski definition) is 2. The summed E-state index contributed by atoms with van der Waals surface area (Å²) < 4.78 is 0. The SMILES string of the molecule is CC(Nc1ccccc1C#N)c1ccc(Cl)cc1Cl. The summed E-state index contributed by atoms with van der Waals surface area (Å²) in [6.07, 6.45) is 0. The molecule has 4 heteroatoms. The van der Waals surface area contributed by atoms with Crippen LogP contribution < -0.4 is 5.32 Å². The molecule has 2 aromatic carbocycles. The van der Waals surface area contributed by atoms with Crippen LogP contribution in [0.15, 0.2) is 42.5 Å². The van der Waals surface area contributed by atoms with Crippen molar-refractivity contribution in [3.8, 4) is 6.07 Å². The maximum absolute atomic E-state index is 9.06. The molecule has 0 fully saturated rings. The van der Waals surface area contributed by atoms with E-state index in [0.29, 0.717) is 15.6 Å². The van der Waals surface area contributed by atoms with E-state index >= 15 is 0 Å². The molecule has 0 aromatic heterocycles. The van der Waals surface area contributed by atoms with Crippen molar-refractivity contribution >= 4 is 28.9 Å². The Labute approximate surface area is 122 Å². The van der Waals surface area contributed by atoms with E-state index in [9.17, 15) is 0 Å². The lowest BCUT2D eigenvalue weighted by atomic mass is 10.1. The van der Waals surface area contributed by atoms with Crippen LogP contribution in [0.4, 0.5) is 5.69 Å². The summed E-state index contributed by atoms with van der Waals surface area (Å²) in [4.78, 5) is 0. The molecule has 1 atom stereocenters. The van der Waals surface area contributed by atoms with E-state index in [1.54, 1.807) is 18.2 Å². The number of para-hydroxylation sites is 1. The van der Waals surface area contributed by atoms with Gasteiger partial charge in [-0.05, 0) is 36.8 Å². The van der Waals surface area contributed by atoms with Crippen molar-refractivity contribution in [2.45, 2.75) is 13.0 Å². The van der Waals surface area contributed by atoms with E-state index in [-0.39, 0.29) is 6.04 Å². The molecule has 0 saturated carbocycles. The van der Waals surface area contributed by atoms with Gasteiger partial charge in [0.2, 0.25) is 0 Å². The molecular weight excluding hydrogens is 279 g/mol. The average molecular weight is 291 g/mol. The van der Waals surface area contributed by atoms with Crippen molar-refractivity contribution in [3.63, 3.8) is 0 Å². The first kappa shape index (κ1) is 13.7. The first-order valence-electron chi connectivity index (χ1n) is 5.82. The van der Waals surface area contributed by atoms with E-state index in [4.69, 9.17) is 28.5 Å². The second-order valence-corrected chi connectivity index (χ2v) is 5.03. The zero-order valence-corrected chi connectivity index (χ0v) is 11.8. The van der Waals surface area contributed by atoms with Crippen molar-refractivity contribution in [3.05, 3.63) is 63.6 Å². The van der Waals surface area contributed by atoms with Gasteiger partial charge >= 0.3 is 0 Å². The summed E-state index contributed by atoms with van der Waals surface area (Å²) in [5.74, 6) is 0. The van der Waals surface area contributed by atoms with Gasteiger partial charge < -0.3 is 5.32 Å². The first-order chi connectivity index (χ1) is 9.11. The predicted octanol–water partition coefficient (Wildman–Crippen LogP) is 5.04. The minimum atomic E-state index is -0.0146. The van der Waals surface area contributed by atoms with Gasteiger partial charge in [0.05, 0.1) is 17.3 Å². The van der Waals surface area contributed by atoms with Crippen molar-refractivity contribution in [2.75, 3.05) is 5.32 Å². The number of anilines is 1. The Balaban J connectivity index is 2.26. The number of hydrogen-bond donors (Lipinski definition) is 1. The molecule has 0 radical (unpaired) electrons. The topological polar surface area (TPSA) is 35.8 Å². The number of halogens is 2. The Bertz CT molecular complexity index is 632. The van der Waals surface area contributed by atoms with Crippen molar-refractivity contribution in [1.82, 2.24) is 0 Å². The number of nitrogens with zero attached hydrogens (tertiary/aromatic N) is 1. The minimum Gasteiger partial charge on any atom is -0.377 e. The summed E-state index contributed by atoms with van der Waals surface area (Å²) in [7, 11) is 0. The van der Waals surface area contributed by atoms with Gasteiger partial charge in [-0.3, -0.25) is 0 Å². The number of rotatable bonds is 3. The summed E-state index contributed by atoms with van der Waals surface area (Å²) in [5.41, 5.74) is 2.35. The van der Waals surface area contributed by atoms with Gasteiger partial charge in [0.25, 0.3) is 0 Å². The largest absolute Gasteiger partial charge is 0.377 e. The summed E-state index contributed by atoms with van der Waals surface area (Å²) in [5, 5.41) is 13.6. The molecule has 0 aliphatic rings. The molecule has 0 bridgehead atoms. The van der Waals surface area contributed by atoms with Crippen LogP contribution in [0.5, 0.6) is 0 Å². The molecule has 0 saturated heterocycles. The molecule has 0 aliphatic heterocycles. The Morgan fingerprint density at radius 2 is 1.89 bits per heavy atom. The van der Waals surface area contributed by atoms with Crippen LogP contribution in [-0.2, 0) is 0 Å². The van der Waals surface area contributed by atoms with Gasteiger partial charge in [-0.25, -0.2) is 0 Å². The van der Waals surface area contributed by atoms with Crippen LogP contribution in [-0.4, -0.2) is 0 Å². The Kier molecular flexibility index (Phi) is 4.31. The molecule has 0 amide bonds. The lowest BCUT2D eigenvalue weighted by Crippen LogP contribution is -2.08. The molecule has 0 aliphatic carbocycles. The lowest BCUT2D eigenvalue weighted by Gasteiger charge is -2.18. The third kappa shape index (κ3) is 3.20. The van der Waals surface area contributed by atoms with E-state index < -0.39 is 0 Å². The van der Waals surface area contributed by atoms with Gasteiger partial charge in [0.1, 0.15) is 6.07 Å². The van der Waals surface area contributed by atoms with E-state index in [1.165, 1.54) is 0 Å². The Morgan fingerprint density at radius 1 is 1.16 bits per heavy atom. The Hall–Kier alpha value is -1.69. The predicted molar refractivity (Wildman–Crippen MR) is 79.7 cm³/mol. The van der Waals surface area contributed by atoms with Crippen molar-refractivity contribution in [2.24, 2.45) is 0 Å². The minimum absolute atomic E-state index is 0.0146. The van der Waals surface area contributed by atoms with Crippen LogP contribution in [0.1, 0.15) is 24.1 Å². The highest BCUT2D eigenvalue weighted by atomic mass is 35.5. The zero-order chi connectivity index (χ0) is 13.8. The average Bonchev–Trinajstić information content (AvgIpc) is 2.39. The fraction of sp³-hybridized carbons (Fsp3) is 0.133. The molecule has 96 valence electrons. The summed E-state index contributed by atoms with van der Waals surface area (Å²) in [6, 6.07) is 14.9. The van der Waals surface area contributed by atoms with Crippen LogP contribution in [0.3, 0.4) is 0 Å². The molecule has 2 nitrogen and oxygen atoms in total. The van der Waals surface area contributed by atoms with Gasteiger partial charge in [-0.15, -0.1) is 0 Å². The zero-order valence-electron chi connectivity index (χ0n) is 10.3. The van der Waals surface area contributed by atoms with Gasteiger partial charge in [0.15, 0.2) is 0 Å². The van der Waals surface area contributed by atoms with E-state index in [0.717, 1.165) is 11.3 Å². The second kappa shape index (κ2) is 5.97. The third-order valence-corrected chi connectivity index (χ3v) is 3.41. The number of benzene rings is 2. The van der Waals surface area contributed by atoms with Gasteiger partial charge in [-0.2, -0.15) is 5.26 Å². The van der Waals surface area contributed by atoms with Crippen LogP contribution in [0.25, 0.3) is 0 Å². The molecule has 2 rings (SSSR count). The summed E-state index contributed by atoms with van der Waals surface area (Å²) >= 11 is 12.1. The molecule has 0 heterocycles. The highest BCUT2D eigenvalue weighted by molar-refractivity contribution is 6.35. The highest BCUT2D eigenvalue weighted by Crippen LogP contribution is 2.29. The maximum atomic E-state index is 9.06. The smallest absolute Gasteiger partial charge is 0.101 e. The second-order valence-electron chi connectivity index (χ2n) is 4.19. The number of nitriles is 1. The van der Waals surface area contributed by atoms with Gasteiger partial charge in [0, 0.05) is 10.0 Å². The van der Waals surface area contributed by atoms with E-state index in [1.807, 2.05) is 31.2 Å². The van der Waals surface area contributed by atoms with Crippen LogP contribution in [0, 0.1) is 11.3 Å². The monoisotopic (exact) mass is 290 g/mol. The van der Waals surface area contributed by atoms with Gasteiger partial charge in [-0.1, -0.05) is 41.4 Å².